The highest BCUT2D eigenvalue weighted by atomic mass is 16.5. The van der Waals surface area contributed by atoms with Crippen LogP contribution in [0.15, 0.2) is 28.8 Å². The summed E-state index contributed by atoms with van der Waals surface area (Å²) in [5.41, 5.74) is 7.38. The lowest BCUT2D eigenvalue weighted by atomic mass is 10.1. The Morgan fingerprint density at radius 1 is 1.36 bits per heavy atom. The molecule has 0 unspecified atom stereocenters. The maximum atomic E-state index is 9.60. The molecule has 0 aliphatic carbocycles. The van der Waals surface area contributed by atoms with Gasteiger partial charge in [0.25, 0.3) is 0 Å². The molecule has 0 spiro atoms. The van der Waals surface area contributed by atoms with Gasteiger partial charge in [-0.2, -0.15) is 0 Å². The minimum Gasteiger partial charge on any atom is -0.503 e. The summed E-state index contributed by atoms with van der Waals surface area (Å²) in [6.45, 7) is 1.64. The van der Waals surface area contributed by atoms with Crippen molar-refractivity contribution >= 4 is 5.69 Å². The minimum atomic E-state index is 0.0444. The van der Waals surface area contributed by atoms with Crippen molar-refractivity contribution in [2.24, 2.45) is 0 Å². The molecule has 2 aromatic rings. The fraction of sp³-hybridized carbons (Fsp3) is 0.100. The van der Waals surface area contributed by atoms with Crippen molar-refractivity contribution in [1.82, 2.24) is 5.16 Å². The topological polar surface area (TPSA) is 72.3 Å². The van der Waals surface area contributed by atoms with Crippen molar-refractivity contribution in [3.63, 3.8) is 0 Å². The summed E-state index contributed by atoms with van der Waals surface area (Å²) < 4.78 is 4.85. The number of anilines is 1. The van der Waals surface area contributed by atoms with Gasteiger partial charge in [0.05, 0.1) is 0 Å². The Kier molecular flexibility index (Phi) is 1.89. The number of rotatable bonds is 1. The molecule has 2 rings (SSSR count). The van der Waals surface area contributed by atoms with E-state index in [1.165, 1.54) is 0 Å². The van der Waals surface area contributed by atoms with E-state index in [9.17, 15) is 5.11 Å². The van der Waals surface area contributed by atoms with Crippen molar-refractivity contribution in [2.75, 3.05) is 5.73 Å². The summed E-state index contributed by atoms with van der Waals surface area (Å²) in [5.74, 6) is 0.436. The maximum absolute atomic E-state index is 9.60. The normalized spacial score (nSPS) is 10.4. The Morgan fingerprint density at radius 2 is 2.07 bits per heavy atom. The van der Waals surface area contributed by atoms with Gasteiger partial charge >= 0.3 is 0 Å². The van der Waals surface area contributed by atoms with Crippen LogP contribution in [0.5, 0.6) is 5.75 Å². The zero-order chi connectivity index (χ0) is 10.1. The lowest BCUT2D eigenvalue weighted by Crippen LogP contribution is -1.89. The first kappa shape index (κ1) is 8.62. The van der Waals surface area contributed by atoms with Gasteiger partial charge in [-0.3, -0.25) is 0 Å². The lowest BCUT2D eigenvalue weighted by molar-refractivity contribution is 0.384. The number of benzene rings is 1. The van der Waals surface area contributed by atoms with E-state index in [0.717, 1.165) is 0 Å². The van der Waals surface area contributed by atoms with Crippen LogP contribution in [-0.4, -0.2) is 10.3 Å². The number of nitrogens with two attached hydrogens (primary N) is 1. The van der Waals surface area contributed by atoms with Gasteiger partial charge in [-0.15, -0.1) is 0 Å². The van der Waals surface area contributed by atoms with Crippen LogP contribution in [0.3, 0.4) is 0 Å². The van der Waals surface area contributed by atoms with Crippen molar-refractivity contribution in [3.8, 4) is 17.0 Å². The maximum Gasteiger partial charge on any atom is 0.186 e. The summed E-state index contributed by atoms with van der Waals surface area (Å²) >= 11 is 0. The zero-order valence-corrected chi connectivity index (χ0v) is 7.69. The number of aryl methyl sites for hydroxylation is 1. The number of aromatic hydroxyl groups is 1. The number of nitrogen functional groups attached to an aromatic ring is 1. The third-order valence-electron chi connectivity index (χ3n) is 2.05. The predicted molar refractivity (Wildman–Crippen MR) is 52.8 cm³/mol. The van der Waals surface area contributed by atoms with Crippen LogP contribution >= 0.6 is 0 Å². The van der Waals surface area contributed by atoms with E-state index in [4.69, 9.17) is 10.3 Å². The van der Waals surface area contributed by atoms with E-state index < -0.39 is 0 Å². The molecule has 0 aliphatic heterocycles. The number of nitrogens with zero attached hydrogens (tertiary/aromatic N) is 1. The first-order chi connectivity index (χ1) is 6.70. The molecule has 0 aliphatic rings. The third-order valence-corrected chi connectivity index (χ3v) is 2.05. The molecule has 72 valence electrons. The molecule has 0 amide bonds. The van der Waals surface area contributed by atoms with E-state index in [0.29, 0.717) is 22.7 Å². The smallest absolute Gasteiger partial charge is 0.186 e. The summed E-state index contributed by atoms with van der Waals surface area (Å²) in [5, 5.41) is 13.3. The molecule has 4 nitrogen and oxygen atoms in total. The monoisotopic (exact) mass is 190 g/mol. The summed E-state index contributed by atoms with van der Waals surface area (Å²) in [4.78, 5) is 0. The molecule has 1 heterocycles. The first-order valence-electron chi connectivity index (χ1n) is 4.20. The molecular formula is C10H10N2O2. The number of para-hydroxylation sites is 1. The molecule has 14 heavy (non-hydrogen) atoms. The third kappa shape index (κ3) is 1.21. The first-order valence-corrected chi connectivity index (χ1v) is 4.20. The van der Waals surface area contributed by atoms with Gasteiger partial charge < -0.3 is 15.4 Å². The largest absolute Gasteiger partial charge is 0.503 e. The van der Waals surface area contributed by atoms with Crippen molar-refractivity contribution in [1.29, 1.82) is 0 Å². The Hall–Kier alpha value is -1.97. The average molecular weight is 190 g/mol. The molecule has 0 bridgehead atoms. The second kappa shape index (κ2) is 3.06. The van der Waals surface area contributed by atoms with Gasteiger partial charge in [0.2, 0.25) is 0 Å². The molecule has 3 N–H and O–H groups in total. The van der Waals surface area contributed by atoms with Gasteiger partial charge in [0.15, 0.2) is 17.2 Å². The average Bonchev–Trinajstić information content (AvgIpc) is 2.49. The van der Waals surface area contributed by atoms with Gasteiger partial charge in [0, 0.05) is 18.2 Å². The minimum absolute atomic E-state index is 0.0444. The van der Waals surface area contributed by atoms with Crippen LogP contribution in [0.1, 0.15) is 5.76 Å². The fourth-order valence-electron chi connectivity index (χ4n) is 1.26. The molecule has 0 radical (unpaired) electrons. The van der Waals surface area contributed by atoms with Gasteiger partial charge in [0.1, 0.15) is 0 Å². The SMILES string of the molecule is Cc1onc(-c2ccccc2N)c1O. The lowest BCUT2D eigenvalue weighted by Gasteiger charge is -2.00. The van der Waals surface area contributed by atoms with Crippen molar-refractivity contribution < 1.29 is 9.63 Å². The Bertz CT molecular complexity index is 463. The fourth-order valence-corrected chi connectivity index (χ4v) is 1.26. The standard InChI is InChI=1S/C10H10N2O2/c1-6-10(13)9(12-14-6)7-4-2-3-5-8(7)11/h2-5,13H,11H2,1H3. The predicted octanol–water partition coefficient (Wildman–Crippen LogP) is 1.94. The second-order valence-corrected chi connectivity index (χ2v) is 3.02. The highest BCUT2D eigenvalue weighted by Crippen LogP contribution is 2.33. The quantitative estimate of drug-likeness (QED) is 0.674. The number of hydrogen-bond acceptors (Lipinski definition) is 4. The van der Waals surface area contributed by atoms with Crippen LogP contribution in [0.4, 0.5) is 5.69 Å². The molecule has 0 saturated heterocycles. The van der Waals surface area contributed by atoms with Gasteiger partial charge in [-0.1, -0.05) is 23.4 Å². The highest BCUT2D eigenvalue weighted by molar-refractivity contribution is 5.77. The van der Waals surface area contributed by atoms with Crippen LogP contribution < -0.4 is 5.73 Å². The molecule has 4 heteroatoms. The molecule has 0 atom stereocenters. The number of aromatic nitrogens is 1. The van der Waals surface area contributed by atoms with Gasteiger partial charge in [-0.25, -0.2) is 0 Å². The van der Waals surface area contributed by atoms with Crippen LogP contribution in [0.25, 0.3) is 11.3 Å². The molecule has 1 aromatic carbocycles. The van der Waals surface area contributed by atoms with Crippen molar-refractivity contribution in [2.45, 2.75) is 6.92 Å². The molecule has 0 fully saturated rings. The van der Waals surface area contributed by atoms with Crippen LogP contribution in [0, 0.1) is 6.92 Å². The second-order valence-electron chi connectivity index (χ2n) is 3.02. The van der Waals surface area contributed by atoms with E-state index in [-0.39, 0.29) is 5.75 Å². The summed E-state index contributed by atoms with van der Waals surface area (Å²) in [7, 11) is 0. The number of hydrogen-bond donors (Lipinski definition) is 2. The zero-order valence-electron chi connectivity index (χ0n) is 7.69. The van der Waals surface area contributed by atoms with E-state index >= 15 is 0 Å². The van der Waals surface area contributed by atoms with E-state index in [1.807, 2.05) is 12.1 Å². The Morgan fingerprint density at radius 3 is 2.64 bits per heavy atom. The summed E-state index contributed by atoms with van der Waals surface area (Å²) in [6, 6.07) is 7.18. The van der Waals surface area contributed by atoms with Crippen molar-refractivity contribution in [3.05, 3.63) is 30.0 Å². The molecule has 1 aromatic heterocycles. The molecular weight excluding hydrogens is 180 g/mol. The van der Waals surface area contributed by atoms with E-state index in [1.54, 1.807) is 19.1 Å². The Labute approximate surface area is 81.0 Å². The molecule has 0 saturated carbocycles. The Balaban J connectivity index is 2.60. The van der Waals surface area contributed by atoms with E-state index in [2.05, 4.69) is 5.16 Å². The van der Waals surface area contributed by atoms with Crippen LogP contribution in [-0.2, 0) is 0 Å². The van der Waals surface area contributed by atoms with Crippen LogP contribution in [0.2, 0.25) is 0 Å². The summed E-state index contributed by atoms with van der Waals surface area (Å²) in [6.07, 6.45) is 0. The van der Waals surface area contributed by atoms with Gasteiger partial charge in [-0.05, 0) is 6.07 Å². The highest BCUT2D eigenvalue weighted by Gasteiger charge is 2.14.